The van der Waals surface area contributed by atoms with Gasteiger partial charge in [-0.3, -0.25) is 9.36 Å². The highest BCUT2D eigenvalue weighted by Crippen LogP contribution is 2.19. The zero-order valence-electron chi connectivity index (χ0n) is 16.8. The molecule has 0 amide bonds. The second kappa shape index (κ2) is 7.28. The first kappa shape index (κ1) is 18.9. The molecule has 2 aromatic carbocycles. The number of nitrogens with zero attached hydrogens (tertiary/aromatic N) is 5. The number of hydrogen-bond acceptors (Lipinski definition) is 6. The van der Waals surface area contributed by atoms with E-state index in [1.165, 1.54) is 6.20 Å². The monoisotopic (exact) mass is 415 g/mol. The van der Waals surface area contributed by atoms with Gasteiger partial charge in [0.15, 0.2) is 5.65 Å². The van der Waals surface area contributed by atoms with E-state index in [-0.39, 0.29) is 17.8 Å². The average Bonchev–Trinajstić information content (AvgIpc) is 3.15. The summed E-state index contributed by atoms with van der Waals surface area (Å²) < 4.78 is 14.9. The molecule has 0 saturated carbocycles. The Morgan fingerprint density at radius 1 is 1.03 bits per heavy atom. The first-order chi connectivity index (χ1) is 15.0. The number of halogens is 1. The Morgan fingerprint density at radius 3 is 2.68 bits per heavy atom. The molecule has 154 valence electrons. The topological polar surface area (TPSA) is 101 Å². The van der Waals surface area contributed by atoms with Crippen molar-refractivity contribution in [2.45, 2.75) is 20.4 Å². The number of rotatable bonds is 4. The maximum Gasteiger partial charge on any atom is 0.310 e. The van der Waals surface area contributed by atoms with Crippen LogP contribution in [0.5, 0.6) is 0 Å². The molecule has 0 fully saturated rings. The average molecular weight is 415 g/mol. The van der Waals surface area contributed by atoms with Gasteiger partial charge in [-0.15, -0.1) is 0 Å². The molecule has 5 aromatic rings. The lowest BCUT2D eigenvalue weighted by molar-refractivity contribution is 0.544. The zero-order chi connectivity index (χ0) is 21.5. The standard InChI is InChI=1S/C22H18FN7O/c1-12-6-3-4-9-16(12)30-17(26-14-8-5-7-13(2)18(14)20(30)31)11-25-22-27-15-10-24-21(23)28-19(15)29-22/h3-10H,11H2,1-2H3,(H2,24,25,27,28,29). The van der Waals surface area contributed by atoms with Crippen molar-refractivity contribution < 1.29 is 4.39 Å². The molecular formula is C22H18FN7O. The largest absolute Gasteiger partial charge is 0.349 e. The minimum Gasteiger partial charge on any atom is -0.349 e. The van der Waals surface area contributed by atoms with E-state index >= 15 is 0 Å². The van der Waals surface area contributed by atoms with Gasteiger partial charge < -0.3 is 10.3 Å². The summed E-state index contributed by atoms with van der Waals surface area (Å²) >= 11 is 0. The van der Waals surface area contributed by atoms with Crippen LogP contribution in [0.2, 0.25) is 0 Å². The summed E-state index contributed by atoms with van der Waals surface area (Å²) in [4.78, 5) is 32.7. The number of para-hydroxylation sites is 1. The van der Waals surface area contributed by atoms with Crippen LogP contribution in [0.3, 0.4) is 0 Å². The third-order valence-corrected chi connectivity index (χ3v) is 5.16. The minimum atomic E-state index is -0.842. The van der Waals surface area contributed by atoms with Crippen LogP contribution in [0.25, 0.3) is 27.8 Å². The van der Waals surface area contributed by atoms with E-state index in [0.717, 1.165) is 16.8 Å². The highest BCUT2D eigenvalue weighted by Gasteiger charge is 2.16. The molecule has 31 heavy (non-hydrogen) atoms. The van der Waals surface area contributed by atoms with Crippen LogP contribution in [0.4, 0.5) is 10.3 Å². The van der Waals surface area contributed by atoms with Gasteiger partial charge in [0.05, 0.1) is 29.3 Å². The van der Waals surface area contributed by atoms with Gasteiger partial charge in [0, 0.05) is 0 Å². The van der Waals surface area contributed by atoms with Crippen LogP contribution in [-0.4, -0.2) is 29.5 Å². The lowest BCUT2D eigenvalue weighted by atomic mass is 10.1. The Hall–Kier alpha value is -4.14. The van der Waals surface area contributed by atoms with Crippen LogP contribution in [0.15, 0.2) is 53.5 Å². The second-order valence-electron chi connectivity index (χ2n) is 7.24. The molecule has 0 unspecified atom stereocenters. The number of anilines is 1. The van der Waals surface area contributed by atoms with Gasteiger partial charge in [-0.05, 0) is 37.1 Å². The van der Waals surface area contributed by atoms with Crippen LogP contribution in [-0.2, 0) is 6.54 Å². The Kier molecular flexibility index (Phi) is 4.43. The van der Waals surface area contributed by atoms with Crippen LogP contribution in [0, 0.1) is 19.9 Å². The van der Waals surface area contributed by atoms with E-state index in [2.05, 4.69) is 25.3 Å². The molecule has 3 heterocycles. The number of fused-ring (bicyclic) bond motifs is 2. The first-order valence-electron chi connectivity index (χ1n) is 9.70. The third-order valence-electron chi connectivity index (χ3n) is 5.16. The predicted molar refractivity (Wildman–Crippen MR) is 116 cm³/mol. The normalized spacial score (nSPS) is 11.3. The molecule has 0 aliphatic heterocycles. The molecule has 0 radical (unpaired) electrons. The lowest BCUT2D eigenvalue weighted by Crippen LogP contribution is -2.26. The molecule has 0 bridgehead atoms. The van der Waals surface area contributed by atoms with Crippen LogP contribution < -0.4 is 10.9 Å². The molecular weight excluding hydrogens is 397 g/mol. The summed E-state index contributed by atoms with van der Waals surface area (Å²) in [5.41, 5.74) is 3.80. The quantitative estimate of drug-likeness (QED) is 0.436. The zero-order valence-corrected chi connectivity index (χ0v) is 16.8. The number of imidazole rings is 1. The van der Waals surface area contributed by atoms with Crippen molar-refractivity contribution >= 4 is 28.0 Å². The van der Waals surface area contributed by atoms with Crippen molar-refractivity contribution in [2.75, 3.05) is 5.32 Å². The van der Waals surface area contributed by atoms with Crippen molar-refractivity contribution in [3.8, 4) is 5.69 Å². The van der Waals surface area contributed by atoms with Crippen LogP contribution in [0.1, 0.15) is 17.0 Å². The maximum absolute atomic E-state index is 13.5. The van der Waals surface area contributed by atoms with E-state index in [1.807, 2.05) is 56.3 Å². The number of benzene rings is 2. The number of aromatic amines is 1. The first-order valence-corrected chi connectivity index (χ1v) is 9.70. The molecule has 0 saturated heterocycles. The van der Waals surface area contributed by atoms with E-state index in [0.29, 0.717) is 28.2 Å². The highest BCUT2D eigenvalue weighted by molar-refractivity contribution is 5.81. The van der Waals surface area contributed by atoms with Crippen molar-refractivity contribution in [3.63, 3.8) is 0 Å². The van der Waals surface area contributed by atoms with Gasteiger partial charge >= 0.3 is 6.08 Å². The number of aryl methyl sites for hydroxylation is 2. The third kappa shape index (κ3) is 3.29. The summed E-state index contributed by atoms with van der Waals surface area (Å²) in [5, 5.41) is 3.71. The molecule has 2 N–H and O–H groups in total. The van der Waals surface area contributed by atoms with Crippen molar-refractivity contribution in [1.29, 1.82) is 0 Å². The maximum atomic E-state index is 13.5. The fraction of sp³-hybridized carbons (Fsp3) is 0.136. The minimum absolute atomic E-state index is 0.133. The molecule has 5 rings (SSSR count). The van der Waals surface area contributed by atoms with Crippen LogP contribution >= 0.6 is 0 Å². The van der Waals surface area contributed by atoms with E-state index < -0.39 is 6.08 Å². The lowest BCUT2D eigenvalue weighted by Gasteiger charge is -2.16. The number of nitrogens with one attached hydrogen (secondary N) is 2. The predicted octanol–water partition coefficient (Wildman–Crippen LogP) is 3.42. The summed E-state index contributed by atoms with van der Waals surface area (Å²) in [6.07, 6.45) is 0.487. The Morgan fingerprint density at radius 2 is 1.84 bits per heavy atom. The van der Waals surface area contributed by atoms with E-state index in [9.17, 15) is 9.18 Å². The molecule has 3 aromatic heterocycles. The van der Waals surface area contributed by atoms with Gasteiger partial charge in [-0.25, -0.2) is 9.97 Å². The van der Waals surface area contributed by atoms with E-state index in [4.69, 9.17) is 4.98 Å². The van der Waals surface area contributed by atoms with Gasteiger partial charge in [0.1, 0.15) is 11.3 Å². The molecule has 8 nitrogen and oxygen atoms in total. The Bertz CT molecular complexity index is 1510. The molecule has 0 aliphatic rings. The SMILES string of the molecule is Cc1ccccc1-n1c(CNc2nc3nc(F)ncc3[nH]2)nc2cccc(C)c2c1=O. The summed E-state index contributed by atoms with van der Waals surface area (Å²) in [7, 11) is 0. The summed E-state index contributed by atoms with van der Waals surface area (Å²) in [6, 6.07) is 13.3. The smallest absolute Gasteiger partial charge is 0.310 e. The van der Waals surface area contributed by atoms with Crippen molar-refractivity contribution in [1.82, 2.24) is 29.5 Å². The number of aromatic nitrogens is 6. The summed E-state index contributed by atoms with van der Waals surface area (Å²) in [5.74, 6) is 0.903. The van der Waals surface area contributed by atoms with E-state index in [1.54, 1.807) is 4.57 Å². The highest BCUT2D eigenvalue weighted by atomic mass is 19.1. The van der Waals surface area contributed by atoms with Gasteiger partial charge in [0.2, 0.25) is 5.95 Å². The summed E-state index contributed by atoms with van der Waals surface area (Å²) in [6.45, 7) is 4.07. The van der Waals surface area contributed by atoms with Gasteiger partial charge in [-0.2, -0.15) is 14.4 Å². The van der Waals surface area contributed by atoms with Crippen molar-refractivity contribution in [2.24, 2.45) is 0 Å². The molecule has 0 spiro atoms. The fourth-order valence-electron chi connectivity index (χ4n) is 3.66. The molecule has 0 atom stereocenters. The second-order valence-corrected chi connectivity index (χ2v) is 7.24. The molecule has 9 heteroatoms. The number of H-pyrrole nitrogens is 1. The number of hydrogen-bond donors (Lipinski definition) is 2. The fourth-order valence-corrected chi connectivity index (χ4v) is 3.66. The molecule has 0 aliphatic carbocycles. The Labute approximate surface area is 175 Å². The van der Waals surface area contributed by atoms with Crippen molar-refractivity contribution in [3.05, 3.63) is 82.0 Å². The van der Waals surface area contributed by atoms with Gasteiger partial charge in [0.25, 0.3) is 5.56 Å². The Balaban J connectivity index is 1.63. The van der Waals surface area contributed by atoms with Gasteiger partial charge in [-0.1, -0.05) is 30.3 Å².